The van der Waals surface area contributed by atoms with Gasteiger partial charge < -0.3 is 20.3 Å². The SMILES string of the molecule is COCCN(C(=O)CCC(=O)Nc1ccccn1)C(C(=O)NC1CCCCC1)c1ccc(F)cc1. The van der Waals surface area contributed by atoms with Crippen LogP contribution in [0, 0.1) is 5.82 Å². The lowest BCUT2D eigenvalue weighted by molar-refractivity contribution is -0.142. The normalized spacial score (nSPS) is 14.7. The van der Waals surface area contributed by atoms with E-state index >= 15 is 0 Å². The van der Waals surface area contributed by atoms with Gasteiger partial charge in [0.2, 0.25) is 17.7 Å². The maximum Gasteiger partial charge on any atom is 0.247 e. The van der Waals surface area contributed by atoms with Gasteiger partial charge in [0.25, 0.3) is 0 Å². The molecular weight excluding hydrogens is 451 g/mol. The van der Waals surface area contributed by atoms with Gasteiger partial charge in [-0.15, -0.1) is 0 Å². The fraction of sp³-hybridized carbons (Fsp3) is 0.462. The van der Waals surface area contributed by atoms with Crippen LogP contribution in [0.4, 0.5) is 10.2 Å². The van der Waals surface area contributed by atoms with Gasteiger partial charge in [-0.25, -0.2) is 9.37 Å². The third-order valence-corrected chi connectivity index (χ3v) is 6.05. The van der Waals surface area contributed by atoms with E-state index in [1.54, 1.807) is 24.4 Å². The number of halogens is 1. The number of carbonyl (C=O) groups is 3. The Morgan fingerprint density at radius 2 is 1.83 bits per heavy atom. The quantitative estimate of drug-likeness (QED) is 0.508. The number of anilines is 1. The summed E-state index contributed by atoms with van der Waals surface area (Å²) in [6.07, 6.45) is 6.41. The van der Waals surface area contributed by atoms with Gasteiger partial charge in [-0.2, -0.15) is 0 Å². The minimum Gasteiger partial charge on any atom is -0.383 e. The summed E-state index contributed by atoms with van der Waals surface area (Å²) in [5, 5.41) is 5.74. The van der Waals surface area contributed by atoms with Gasteiger partial charge in [-0.3, -0.25) is 14.4 Å². The van der Waals surface area contributed by atoms with Crippen molar-refractivity contribution in [3.63, 3.8) is 0 Å². The van der Waals surface area contributed by atoms with E-state index in [0.29, 0.717) is 11.4 Å². The van der Waals surface area contributed by atoms with Crippen molar-refractivity contribution in [3.8, 4) is 0 Å². The Labute approximate surface area is 205 Å². The molecule has 1 aromatic heterocycles. The maximum absolute atomic E-state index is 13.6. The largest absolute Gasteiger partial charge is 0.383 e. The summed E-state index contributed by atoms with van der Waals surface area (Å²) >= 11 is 0. The van der Waals surface area contributed by atoms with Crippen molar-refractivity contribution >= 4 is 23.5 Å². The smallest absolute Gasteiger partial charge is 0.247 e. The molecule has 1 aromatic carbocycles. The van der Waals surface area contributed by atoms with Gasteiger partial charge in [0.1, 0.15) is 17.7 Å². The van der Waals surface area contributed by atoms with Crippen LogP contribution in [0.25, 0.3) is 0 Å². The monoisotopic (exact) mass is 484 g/mol. The van der Waals surface area contributed by atoms with Crippen LogP contribution in [0.1, 0.15) is 56.6 Å². The van der Waals surface area contributed by atoms with E-state index < -0.39 is 11.9 Å². The van der Waals surface area contributed by atoms with E-state index in [1.165, 1.54) is 36.3 Å². The highest BCUT2D eigenvalue weighted by Gasteiger charge is 2.32. The van der Waals surface area contributed by atoms with Crippen LogP contribution < -0.4 is 10.6 Å². The van der Waals surface area contributed by atoms with Crippen molar-refractivity contribution < 1.29 is 23.5 Å². The van der Waals surface area contributed by atoms with Crippen LogP contribution in [0.3, 0.4) is 0 Å². The molecule has 0 radical (unpaired) electrons. The van der Waals surface area contributed by atoms with Crippen LogP contribution >= 0.6 is 0 Å². The Hall–Kier alpha value is -3.33. The van der Waals surface area contributed by atoms with Crippen molar-refractivity contribution in [3.05, 3.63) is 60.0 Å². The zero-order chi connectivity index (χ0) is 25.0. The Morgan fingerprint density at radius 3 is 2.49 bits per heavy atom. The molecule has 2 aromatic rings. The standard InChI is InChI=1S/C26H33FN4O4/c1-35-18-17-31(24(33)15-14-23(32)30-22-9-5-6-16-28-22)25(19-10-12-20(27)13-11-19)26(34)29-21-7-3-2-4-8-21/h5-6,9-13,16,21,25H,2-4,7-8,14-15,17-18H2,1H3,(H,29,34)(H,28,30,32). The number of nitrogens with one attached hydrogen (secondary N) is 2. The van der Waals surface area contributed by atoms with E-state index in [4.69, 9.17) is 4.74 Å². The molecule has 1 atom stereocenters. The molecule has 8 nitrogen and oxygen atoms in total. The first-order valence-electron chi connectivity index (χ1n) is 12.0. The maximum atomic E-state index is 13.6. The molecule has 188 valence electrons. The van der Waals surface area contributed by atoms with Gasteiger partial charge in [-0.05, 0) is 42.7 Å². The molecule has 1 aliphatic carbocycles. The zero-order valence-electron chi connectivity index (χ0n) is 20.0. The average molecular weight is 485 g/mol. The first kappa shape index (κ1) is 26.3. The number of ether oxygens (including phenoxy) is 1. The van der Waals surface area contributed by atoms with E-state index in [1.807, 2.05) is 0 Å². The summed E-state index contributed by atoms with van der Waals surface area (Å²) in [5.74, 6) is -1.07. The molecular formula is C26H33FN4O4. The van der Waals surface area contributed by atoms with Gasteiger partial charge >= 0.3 is 0 Å². The highest BCUT2D eigenvalue weighted by atomic mass is 19.1. The molecule has 35 heavy (non-hydrogen) atoms. The second kappa shape index (κ2) is 13.5. The summed E-state index contributed by atoms with van der Waals surface area (Å²) in [4.78, 5) is 44.6. The third kappa shape index (κ3) is 8.13. The number of hydrogen-bond donors (Lipinski definition) is 2. The minimum atomic E-state index is -0.959. The van der Waals surface area contributed by atoms with E-state index in [2.05, 4.69) is 15.6 Å². The lowest BCUT2D eigenvalue weighted by atomic mass is 9.94. The summed E-state index contributed by atoms with van der Waals surface area (Å²) in [6.45, 7) is 0.359. The molecule has 1 aliphatic rings. The van der Waals surface area contributed by atoms with Gasteiger partial charge in [0, 0.05) is 38.7 Å². The van der Waals surface area contributed by atoms with Crippen molar-refractivity contribution in [2.24, 2.45) is 0 Å². The second-order valence-electron chi connectivity index (χ2n) is 8.64. The summed E-state index contributed by atoms with van der Waals surface area (Å²) < 4.78 is 18.8. The molecule has 1 unspecified atom stereocenters. The molecule has 9 heteroatoms. The topological polar surface area (TPSA) is 101 Å². The summed E-state index contributed by atoms with van der Waals surface area (Å²) in [7, 11) is 1.51. The number of methoxy groups -OCH3 is 1. The summed E-state index contributed by atoms with van der Waals surface area (Å²) in [6, 6.07) is 9.80. The Kier molecular flexibility index (Phi) is 10.2. The van der Waals surface area contributed by atoms with E-state index in [9.17, 15) is 18.8 Å². The molecule has 0 bridgehead atoms. The van der Waals surface area contributed by atoms with Crippen molar-refractivity contribution in [1.29, 1.82) is 0 Å². The third-order valence-electron chi connectivity index (χ3n) is 6.05. The molecule has 0 aliphatic heterocycles. The number of amides is 3. The highest BCUT2D eigenvalue weighted by molar-refractivity contribution is 5.94. The molecule has 1 saturated carbocycles. The molecule has 2 N–H and O–H groups in total. The molecule has 1 heterocycles. The Morgan fingerprint density at radius 1 is 1.09 bits per heavy atom. The Balaban J connectivity index is 1.76. The van der Waals surface area contributed by atoms with Crippen LogP contribution in [0.2, 0.25) is 0 Å². The lowest BCUT2D eigenvalue weighted by Crippen LogP contribution is -2.48. The highest BCUT2D eigenvalue weighted by Crippen LogP contribution is 2.25. The molecule has 3 rings (SSSR count). The lowest BCUT2D eigenvalue weighted by Gasteiger charge is -2.33. The average Bonchev–Trinajstić information content (AvgIpc) is 2.87. The predicted molar refractivity (Wildman–Crippen MR) is 130 cm³/mol. The predicted octanol–water partition coefficient (Wildman–Crippen LogP) is 3.60. The minimum absolute atomic E-state index is 0.0442. The second-order valence-corrected chi connectivity index (χ2v) is 8.64. The fourth-order valence-corrected chi connectivity index (χ4v) is 4.24. The van der Waals surface area contributed by atoms with Crippen molar-refractivity contribution in [1.82, 2.24) is 15.2 Å². The number of hydrogen-bond acceptors (Lipinski definition) is 5. The van der Waals surface area contributed by atoms with Crippen LogP contribution in [0.15, 0.2) is 48.7 Å². The van der Waals surface area contributed by atoms with Crippen LogP contribution in [0.5, 0.6) is 0 Å². The van der Waals surface area contributed by atoms with Gasteiger partial charge in [0.15, 0.2) is 0 Å². The van der Waals surface area contributed by atoms with Gasteiger partial charge in [-0.1, -0.05) is 37.5 Å². The fourth-order valence-electron chi connectivity index (χ4n) is 4.24. The summed E-state index contributed by atoms with van der Waals surface area (Å²) in [5.41, 5.74) is 0.502. The first-order chi connectivity index (χ1) is 17.0. The number of carbonyl (C=O) groups excluding carboxylic acids is 3. The van der Waals surface area contributed by atoms with E-state index in [0.717, 1.165) is 32.1 Å². The molecule has 0 spiro atoms. The number of pyridine rings is 1. The number of nitrogens with zero attached hydrogens (tertiary/aromatic N) is 2. The van der Waals surface area contributed by atoms with Crippen molar-refractivity contribution in [2.75, 3.05) is 25.6 Å². The molecule has 0 saturated heterocycles. The van der Waals surface area contributed by atoms with E-state index in [-0.39, 0.29) is 49.8 Å². The van der Waals surface area contributed by atoms with Crippen LogP contribution in [-0.4, -0.2) is 53.9 Å². The number of benzene rings is 1. The Bertz CT molecular complexity index is 965. The zero-order valence-corrected chi connectivity index (χ0v) is 20.0. The number of rotatable bonds is 11. The molecule has 1 fully saturated rings. The molecule has 3 amide bonds. The van der Waals surface area contributed by atoms with Gasteiger partial charge in [0.05, 0.1) is 6.61 Å². The van der Waals surface area contributed by atoms with Crippen LogP contribution in [-0.2, 0) is 19.1 Å². The van der Waals surface area contributed by atoms with Crippen molar-refractivity contribution in [2.45, 2.75) is 57.0 Å². The number of aromatic nitrogens is 1. The first-order valence-corrected chi connectivity index (χ1v) is 12.0.